The molecule has 0 saturated heterocycles. The van der Waals surface area contributed by atoms with E-state index in [0.717, 1.165) is 0 Å². The Morgan fingerprint density at radius 1 is 0.676 bits per heavy atom. The smallest absolute Gasteiger partial charge is 0.104 e. The molecule has 0 N–H and O–H groups in total. The highest BCUT2D eigenvalue weighted by Gasteiger charge is 2.18. The van der Waals surface area contributed by atoms with Crippen molar-refractivity contribution in [1.82, 2.24) is 0 Å². The van der Waals surface area contributed by atoms with Gasteiger partial charge < -0.3 is 9.04 Å². The maximum atomic E-state index is 9.08. The molecular formula is C29H55NO3S. The molecule has 0 heterocycles. The highest BCUT2D eigenvalue weighted by atomic mass is 32.2. The molecule has 0 aromatic heterocycles. The van der Waals surface area contributed by atoms with Crippen molar-refractivity contribution >= 4 is 10.1 Å². The van der Waals surface area contributed by atoms with Crippen LogP contribution in [0.25, 0.3) is 0 Å². The van der Waals surface area contributed by atoms with E-state index in [9.17, 15) is 0 Å². The van der Waals surface area contributed by atoms with Gasteiger partial charge in [-0.2, -0.15) is 0 Å². The second kappa shape index (κ2) is 21.4. The molecule has 0 aliphatic carbocycles. The van der Waals surface area contributed by atoms with Crippen LogP contribution < -0.4 is 0 Å². The van der Waals surface area contributed by atoms with E-state index in [1.165, 1.54) is 132 Å². The lowest BCUT2D eigenvalue weighted by atomic mass is 10.0. The van der Waals surface area contributed by atoms with E-state index in [-0.39, 0.29) is 0 Å². The summed E-state index contributed by atoms with van der Waals surface area (Å²) >= 11 is 0. The van der Waals surface area contributed by atoms with Crippen molar-refractivity contribution in [3.05, 3.63) is 35.9 Å². The maximum absolute atomic E-state index is 9.08. The first-order valence-electron chi connectivity index (χ1n) is 14.0. The summed E-state index contributed by atoms with van der Waals surface area (Å²) < 4.78 is 28.4. The van der Waals surface area contributed by atoms with E-state index in [0.29, 0.717) is 6.26 Å². The molecule has 0 aliphatic rings. The van der Waals surface area contributed by atoms with Gasteiger partial charge in [0.2, 0.25) is 0 Å². The third kappa shape index (κ3) is 24.2. The predicted molar refractivity (Wildman–Crippen MR) is 147 cm³/mol. The Bertz CT molecular complexity index is 655. The minimum absolute atomic E-state index is 0.604. The summed E-state index contributed by atoms with van der Waals surface area (Å²) in [6, 6.07) is 11.0. The fourth-order valence-corrected chi connectivity index (χ4v) is 4.41. The largest absolute Gasteiger partial charge is 0.748 e. The van der Waals surface area contributed by atoms with Crippen molar-refractivity contribution < 1.29 is 17.5 Å². The van der Waals surface area contributed by atoms with Gasteiger partial charge >= 0.3 is 0 Å². The normalized spacial score (nSPS) is 13.2. The quantitative estimate of drug-likeness (QED) is 0.104. The van der Waals surface area contributed by atoms with E-state index in [1.54, 1.807) is 0 Å². The van der Waals surface area contributed by atoms with E-state index in [2.05, 4.69) is 51.2 Å². The van der Waals surface area contributed by atoms with Gasteiger partial charge in [-0.1, -0.05) is 127 Å². The van der Waals surface area contributed by atoms with Crippen molar-refractivity contribution in [3.8, 4) is 0 Å². The Kier molecular flexibility index (Phi) is 20.8. The van der Waals surface area contributed by atoms with Gasteiger partial charge in [0, 0.05) is 11.8 Å². The molecule has 1 aromatic rings. The molecule has 0 aliphatic heterocycles. The molecule has 0 bridgehead atoms. The Hall–Kier alpha value is -0.910. The van der Waals surface area contributed by atoms with Gasteiger partial charge in [0.25, 0.3) is 0 Å². The van der Waals surface area contributed by atoms with Crippen LogP contribution in [0.1, 0.15) is 122 Å². The summed E-state index contributed by atoms with van der Waals surface area (Å²) in [7, 11) is -1.49. The van der Waals surface area contributed by atoms with Crippen LogP contribution in [0.3, 0.4) is 0 Å². The first-order valence-corrected chi connectivity index (χ1v) is 15.8. The van der Waals surface area contributed by atoms with E-state index in [4.69, 9.17) is 13.0 Å². The summed E-state index contributed by atoms with van der Waals surface area (Å²) in [5, 5.41) is 0. The molecular weight excluding hydrogens is 442 g/mol. The van der Waals surface area contributed by atoms with Gasteiger partial charge in [-0.05, 0) is 19.8 Å². The van der Waals surface area contributed by atoms with Gasteiger partial charge in [0.1, 0.15) is 6.54 Å². The Balaban J connectivity index is 0.00000196. The van der Waals surface area contributed by atoms with E-state index < -0.39 is 10.1 Å². The molecule has 0 spiro atoms. The second-order valence-corrected chi connectivity index (χ2v) is 11.7. The standard InChI is InChI=1S/C28H52N.CH4O3S/c1-4-6-7-8-9-10-11-12-13-14-15-16-17-18-19-23-26-29(3,5-2)27-28-24-21-20-22-25-28;1-5(2,3)4/h20-22,24-25H,4-19,23,26-27H2,1-3H3;1H3,(H,2,3,4)/q+1;/p-1. The van der Waals surface area contributed by atoms with E-state index in [1.807, 2.05) is 0 Å². The first-order chi connectivity index (χ1) is 16.2. The van der Waals surface area contributed by atoms with Gasteiger partial charge in [-0.25, -0.2) is 8.42 Å². The number of quaternary nitrogens is 1. The molecule has 0 fully saturated rings. The third-order valence-electron chi connectivity index (χ3n) is 6.72. The predicted octanol–water partition coefficient (Wildman–Crippen LogP) is 8.08. The fourth-order valence-electron chi connectivity index (χ4n) is 4.41. The Morgan fingerprint density at radius 3 is 1.38 bits per heavy atom. The van der Waals surface area contributed by atoms with Crippen molar-refractivity contribution in [3.63, 3.8) is 0 Å². The number of hydrogen-bond acceptors (Lipinski definition) is 3. The molecule has 34 heavy (non-hydrogen) atoms. The highest BCUT2D eigenvalue weighted by molar-refractivity contribution is 7.84. The molecule has 200 valence electrons. The molecule has 0 saturated carbocycles. The van der Waals surface area contributed by atoms with Crippen LogP contribution >= 0.6 is 0 Å². The van der Waals surface area contributed by atoms with Crippen molar-refractivity contribution in [1.29, 1.82) is 0 Å². The van der Waals surface area contributed by atoms with Crippen LogP contribution in [0.2, 0.25) is 0 Å². The Labute approximate surface area is 212 Å². The maximum Gasteiger partial charge on any atom is 0.104 e. The van der Waals surface area contributed by atoms with Crippen LogP contribution in [0.5, 0.6) is 0 Å². The van der Waals surface area contributed by atoms with Crippen LogP contribution in [0, 0.1) is 0 Å². The summed E-state index contributed by atoms with van der Waals surface area (Å²) in [6.07, 6.45) is 23.8. The van der Waals surface area contributed by atoms with Gasteiger partial charge in [-0.15, -0.1) is 0 Å². The summed E-state index contributed by atoms with van der Waals surface area (Å²) in [6.45, 7) is 8.37. The summed E-state index contributed by atoms with van der Waals surface area (Å²) in [5.41, 5.74) is 1.48. The van der Waals surface area contributed by atoms with Gasteiger partial charge in [0.05, 0.1) is 30.3 Å². The van der Waals surface area contributed by atoms with Crippen molar-refractivity contribution in [2.24, 2.45) is 0 Å². The Morgan fingerprint density at radius 2 is 1.03 bits per heavy atom. The average molecular weight is 498 g/mol. The lowest BCUT2D eigenvalue weighted by Gasteiger charge is -2.33. The molecule has 5 heteroatoms. The SMILES string of the molecule is CCCCCCCCCCCCCCCCCC[N+](C)(CC)Cc1ccccc1.CS(=O)(=O)[O-]. The van der Waals surface area contributed by atoms with Crippen LogP contribution in [0.15, 0.2) is 30.3 Å². The van der Waals surface area contributed by atoms with Crippen molar-refractivity contribution in [2.75, 3.05) is 26.4 Å². The summed E-state index contributed by atoms with van der Waals surface area (Å²) in [4.78, 5) is 0. The molecule has 0 amide bonds. The molecule has 1 rings (SSSR count). The molecule has 1 aromatic carbocycles. The minimum Gasteiger partial charge on any atom is -0.748 e. The number of hydrogen-bond donors (Lipinski definition) is 0. The highest BCUT2D eigenvalue weighted by Crippen LogP contribution is 2.16. The zero-order valence-electron chi connectivity index (χ0n) is 22.9. The third-order valence-corrected chi connectivity index (χ3v) is 6.72. The monoisotopic (exact) mass is 497 g/mol. The van der Waals surface area contributed by atoms with Crippen LogP contribution in [-0.4, -0.2) is 43.8 Å². The number of rotatable bonds is 20. The second-order valence-electron chi connectivity index (χ2n) is 10.3. The zero-order chi connectivity index (χ0) is 25.5. The van der Waals surface area contributed by atoms with E-state index >= 15 is 0 Å². The summed E-state index contributed by atoms with van der Waals surface area (Å²) in [5.74, 6) is 0. The van der Waals surface area contributed by atoms with Crippen LogP contribution in [0.4, 0.5) is 0 Å². The first kappa shape index (κ1) is 33.1. The lowest BCUT2D eigenvalue weighted by Crippen LogP contribution is -2.43. The molecule has 1 unspecified atom stereocenters. The topological polar surface area (TPSA) is 57.2 Å². The fraction of sp³-hybridized carbons (Fsp3) is 0.793. The van der Waals surface area contributed by atoms with Crippen molar-refractivity contribution in [2.45, 2.75) is 123 Å². The molecule has 1 atom stereocenters. The number of unbranched alkanes of at least 4 members (excludes halogenated alkanes) is 15. The zero-order valence-corrected chi connectivity index (χ0v) is 23.7. The number of benzene rings is 1. The van der Waals surface area contributed by atoms with Crippen LogP contribution in [-0.2, 0) is 16.7 Å². The minimum atomic E-state index is -3.92. The average Bonchev–Trinajstić information content (AvgIpc) is 2.78. The molecule has 0 radical (unpaired) electrons. The molecule has 4 nitrogen and oxygen atoms in total. The number of nitrogens with zero attached hydrogens (tertiary/aromatic N) is 1. The van der Waals surface area contributed by atoms with Gasteiger partial charge in [0.15, 0.2) is 0 Å². The lowest BCUT2D eigenvalue weighted by molar-refractivity contribution is -0.921. The van der Waals surface area contributed by atoms with Gasteiger partial charge in [-0.3, -0.25) is 0 Å².